The maximum atomic E-state index is 12.3. The number of hydrogen-bond acceptors (Lipinski definition) is 4. The Balaban J connectivity index is 1.06. The van der Waals surface area contributed by atoms with Crippen LogP contribution in [0.15, 0.2) is 60.7 Å². The number of para-hydroxylation sites is 2. The maximum absolute atomic E-state index is 12.3. The predicted octanol–water partition coefficient (Wildman–Crippen LogP) is 3.34. The van der Waals surface area contributed by atoms with Crippen molar-refractivity contribution in [2.24, 2.45) is 11.8 Å². The Morgan fingerprint density at radius 2 is 1.62 bits per heavy atom. The van der Waals surface area contributed by atoms with Gasteiger partial charge in [0.1, 0.15) is 0 Å². The van der Waals surface area contributed by atoms with Gasteiger partial charge in [-0.25, -0.2) is 4.79 Å². The van der Waals surface area contributed by atoms with E-state index < -0.39 is 0 Å². The number of anilines is 2. The fourth-order valence-electron chi connectivity index (χ4n) is 5.74. The van der Waals surface area contributed by atoms with Gasteiger partial charge >= 0.3 is 6.03 Å². The maximum Gasteiger partial charge on any atom is 0.319 e. The van der Waals surface area contributed by atoms with Gasteiger partial charge < -0.3 is 15.5 Å². The normalized spacial score (nSPS) is 27.8. The SMILES string of the molecule is O=C(NC[C@H]1C[C@@H]2CCN1C[C@@H]2CN1CCN(c2ccccc2)CC1)Nc1ccccc1. The average Bonchev–Trinajstić information content (AvgIpc) is 2.85. The molecule has 4 aliphatic heterocycles. The summed E-state index contributed by atoms with van der Waals surface area (Å²) in [4.78, 5) is 20.1. The molecule has 1 unspecified atom stereocenters. The van der Waals surface area contributed by atoms with Gasteiger partial charge in [-0.1, -0.05) is 36.4 Å². The van der Waals surface area contributed by atoms with Crippen LogP contribution in [0.25, 0.3) is 0 Å². The number of carbonyl (C=O) groups excluding carboxylic acids is 1. The lowest BCUT2D eigenvalue weighted by Gasteiger charge is -2.51. The van der Waals surface area contributed by atoms with Gasteiger partial charge in [-0.3, -0.25) is 9.80 Å². The van der Waals surface area contributed by atoms with E-state index in [4.69, 9.17) is 0 Å². The summed E-state index contributed by atoms with van der Waals surface area (Å²) in [6.07, 6.45) is 2.52. The smallest absolute Gasteiger partial charge is 0.319 e. The fourth-order valence-corrected chi connectivity index (χ4v) is 5.74. The Morgan fingerprint density at radius 1 is 0.906 bits per heavy atom. The first-order chi connectivity index (χ1) is 15.7. The summed E-state index contributed by atoms with van der Waals surface area (Å²) in [5.74, 6) is 1.55. The van der Waals surface area contributed by atoms with E-state index in [2.05, 4.69) is 55.7 Å². The number of benzene rings is 2. The van der Waals surface area contributed by atoms with Gasteiger partial charge in [0.15, 0.2) is 0 Å². The number of rotatable bonds is 6. The second kappa shape index (κ2) is 9.92. The zero-order chi connectivity index (χ0) is 21.8. The molecule has 0 aromatic heterocycles. The molecule has 32 heavy (non-hydrogen) atoms. The Bertz CT molecular complexity index is 868. The third kappa shape index (κ3) is 5.08. The summed E-state index contributed by atoms with van der Waals surface area (Å²) in [6.45, 7) is 8.86. The van der Waals surface area contributed by atoms with Crippen molar-refractivity contribution in [3.63, 3.8) is 0 Å². The van der Waals surface area contributed by atoms with Crippen LogP contribution in [0.2, 0.25) is 0 Å². The molecule has 4 aliphatic rings. The van der Waals surface area contributed by atoms with Crippen molar-refractivity contribution in [3.8, 4) is 0 Å². The lowest BCUT2D eigenvalue weighted by atomic mass is 9.75. The number of piperidine rings is 3. The molecule has 2 bridgehead atoms. The molecule has 0 radical (unpaired) electrons. The van der Waals surface area contributed by atoms with Gasteiger partial charge in [-0.05, 0) is 55.5 Å². The predicted molar refractivity (Wildman–Crippen MR) is 130 cm³/mol. The van der Waals surface area contributed by atoms with E-state index in [-0.39, 0.29) is 6.03 Å². The molecule has 4 atom stereocenters. The highest BCUT2D eigenvalue weighted by molar-refractivity contribution is 5.89. The van der Waals surface area contributed by atoms with E-state index in [0.29, 0.717) is 6.04 Å². The van der Waals surface area contributed by atoms with Crippen LogP contribution in [0.4, 0.5) is 16.2 Å². The van der Waals surface area contributed by atoms with Crippen molar-refractivity contribution in [3.05, 3.63) is 60.7 Å². The van der Waals surface area contributed by atoms with Crippen molar-refractivity contribution < 1.29 is 4.79 Å². The Kier molecular flexibility index (Phi) is 6.60. The zero-order valence-electron chi connectivity index (χ0n) is 18.8. The molecule has 2 aromatic carbocycles. The summed E-state index contributed by atoms with van der Waals surface area (Å²) >= 11 is 0. The number of piperazine rings is 1. The molecule has 0 aliphatic carbocycles. The lowest BCUT2D eigenvalue weighted by Crippen LogP contribution is -2.59. The van der Waals surface area contributed by atoms with Crippen molar-refractivity contribution in [2.75, 3.05) is 62.6 Å². The molecule has 170 valence electrons. The van der Waals surface area contributed by atoms with Crippen molar-refractivity contribution in [1.82, 2.24) is 15.1 Å². The minimum Gasteiger partial charge on any atom is -0.369 e. The summed E-state index contributed by atoms with van der Waals surface area (Å²) in [5.41, 5.74) is 2.18. The highest BCUT2D eigenvalue weighted by Crippen LogP contribution is 2.36. The second-order valence-electron chi connectivity index (χ2n) is 9.52. The first kappa shape index (κ1) is 21.3. The summed E-state index contributed by atoms with van der Waals surface area (Å²) < 4.78 is 0. The standard InChI is InChI=1S/C26H35N5O/c32-26(28-23-7-3-1-4-8-23)27-18-25-17-21-11-12-31(25)20-22(21)19-29-13-15-30(16-14-29)24-9-5-2-6-10-24/h1-10,21-22,25H,11-20H2,(H2,27,28,32)/t21-,22-,25+/m0/s1. The van der Waals surface area contributed by atoms with Crippen molar-refractivity contribution in [2.45, 2.75) is 18.9 Å². The molecule has 0 spiro atoms. The molecule has 6 nitrogen and oxygen atoms in total. The number of hydrogen-bond donors (Lipinski definition) is 2. The zero-order valence-corrected chi connectivity index (χ0v) is 18.8. The molecule has 6 rings (SSSR count). The van der Waals surface area contributed by atoms with Crippen LogP contribution >= 0.6 is 0 Å². The van der Waals surface area contributed by atoms with Gasteiger partial charge in [-0.2, -0.15) is 0 Å². The molecule has 2 aromatic rings. The minimum absolute atomic E-state index is 0.105. The number of amides is 2. The van der Waals surface area contributed by atoms with Crippen LogP contribution in [-0.4, -0.2) is 74.2 Å². The van der Waals surface area contributed by atoms with Crippen LogP contribution in [0.5, 0.6) is 0 Å². The highest BCUT2D eigenvalue weighted by atomic mass is 16.2. The van der Waals surface area contributed by atoms with Crippen LogP contribution in [0.1, 0.15) is 12.8 Å². The number of fused-ring (bicyclic) bond motifs is 3. The molecule has 2 amide bonds. The molecule has 4 heterocycles. The first-order valence-corrected chi connectivity index (χ1v) is 12.1. The van der Waals surface area contributed by atoms with Crippen molar-refractivity contribution >= 4 is 17.4 Å². The van der Waals surface area contributed by atoms with Gasteiger partial charge in [0.25, 0.3) is 0 Å². The van der Waals surface area contributed by atoms with E-state index in [0.717, 1.165) is 50.2 Å². The molecule has 6 heteroatoms. The largest absolute Gasteiger partial charge is 0.369 e. The van der Waals surface area contributed by atoms with E-state index in [9.17, 15) is 4.79 Å². The molecule has 4 saturated heterocycles. The second-order valence-corrected chi connectivity index (χ2v) is 9.52. The van der Waals surface area contributed by atoms with E-state index in [1.54, 1.807) is 0 Å². The Morgan fingerprint density at radius 3 is 2.31 bits per heavy atom. The molecule has 2 N–H and O–H groups in total. The third-order valence-electron chi connectivity index (χ3n) is 7.53. The quantitative estimate of drug-likeness (QED) is 0.734. The summed E-state index contributed by atoms with van der Waals surface area (Å²) in [6, 6.07) is 20.8. The van der Waals surface area contributed by atoms with Crippen LogP contribution in [0, 0.1) is 11.8 Å². The van der Waals surface area contributed by atoms with Crippen LogP contribution in [-0.2, 0) is 0 Å². The summed E-state index contributed by atoms with van der Waals surface area (Å²) in [5, 5.41) is 6.02. The Labute approximate surface area is 191 Å². The highest BCUT2D eigenvalue weighted by Gasteiger charge is 2.40. The first-order valence-electron chi connectivity index (χ1n) is 12.1. The third-order valence-corrected chi connectivity index (χ3v) is 7.53. The minimum atomic E-state index is -0.105. The average molecular weight is 434 g/mol. The van der Waals surface area contributed by atoms with E-state index in [1.807, 2.05) is 30.3 Å². The fraction of sp³-hybridized carbons (Fsp3) is 0.500. The van der Waals surface area contributed by atoms with Gasteiger partial charge in [-0.15, -0.1) is 0 Å². The lowest BCUT2D eigenvalue weighted by molar-refractivity contribution is -0.0114. The molecule has 0 saturated carbocycles. The van der Waals surface area contributed by atoms with E-state index >= 15 is 0 Å². The van der Waals surface area contributed by atoms with Crippen molar-refractivity contribution in [1.29, 1.82) is 0 Å². The van der Waals surface area contributed by atoms with Gasteiger partial charge in [0, 0.05) is 63.2 Å². The van der Waals surface area contributed by atoms with E-state index in [1.165, 1.54) is 38.2 Å². The van der Waals surface area contributed by atoms with Gasteiger partial charge in [0.2, 0.25) is 0 Å². The Hall–Kier alpha value is -2.57. The van der Waals surface area contributed by atoms with Crippen LogP contribution in [0.3, 0.4) is 0 Å². The molecule has 4 fully saturated rings. The number of urea groups is 1. The summed E-state index contributed by atoms with van der Waals surface area (Å²) in [7, 11) is 0. The monoisotopic (exact) mass is 433 g/mol. The topological polar surface area (TPSA) is 50.9 Å². The molecular weight excluding hydrogens is 398 g/mol. The number of nitrogens with zero attached hydrogens (tertiary/aromatic N) is 3. The van der Waals surface area contributed by atoms with Gasteiger partial charge in [0.05, 0.1) is 0 Å². The van der Waals surface area contributed by atoms with Crippen LogP contribution < -0.4 is 15.5 Å². The molecular formula is C26H35N5O. The number of carbonyl (C=O) groups is 1. The number of nitrogens with one attached hydrogen (secondary N) is 2.